The van der Waals surface area contributed by atoms with Gasteiger partial charge in [-0.1, -0.05) is 54.0 Å². The zero-order valence-corrected chi connectivity index (χ0v) is 12.2. The van der Waals surface area contributed by atoms with Crippen molar-refractivity contribution in [1.29, 1.82) is 0 Å². The van der Waals surface area contributed by atoms with Crippen LogP contribution in [0.25, 0.3) is 0 Å². The first-order chi connectivity index (χ1) is 8.26. The zero-order valence-electron chi connectivity index (χ0n) is 10.7. The Morgan fingerprint density at radius 1 is 1.29 bits per heavy atom. The molecule has 0 spiro atoms. The van der Waals surface area contributed by atoms with E-state index in [1.165, 1.54) is 17.5 Å². The van der Waals surface area contributed by atoms with Crippen LogP contribution < -0.4 is 0 Å². The number of aryl methyl sites for hydroxylation is 1. The standard InChI is InChI=1S/C15H21BrO/c1-3-11-5-7-12(8-6-11)15(16)13-9-10-17-14(13)4-2/h5-8,13-15H,3-4,9-10H2,1-2H3. The number of rotatable bonds is 4. The summed E-state index contributed by atoms with van der Waals surface area (Å²) in [7, 11) is 0. The Morgan fingerprint density at radius 2 is 2.00 bits per heavy atom. The van der Waals surface area contributed by atoms with Gasteiger partial charge in [-0.3, -0.25) is 0 Å². The highest BCUT2D eigenvalue weighted by Crippen LogP contribution is 2.40. The summed E-state index contributed by atoms with van der Waals surface area (Å²) in [6.45, 7) is 5.32. The third kappa shape index (κ3) is 2.92. The molecule has 1 nitrogen and oxygen atoms in total. The lowest BCUT2D eigenvalue weighted by atomic mass is 9.91. The van der Waals surface area contributed by atoms with Crippen molar-refractivity contribution in [2.45, 2.75) is 44.0 Å². The molecule has 2 heteroatoms. The zero-order chi connectivity index (χ0) is 12.3. The fourth-order valence-electron chi connectivity index (χ4n) is 2.60. The van der Waals surface area contributed by atoms with Gasteiger partial charge in [-0.2, -0.15) is 0 Å². The van der Waals surface area contributed by atoms with E-state index in [0.29, 0.717) is 16.8 Å². The van der Waals surface area contributed by atoms with Crippen LogP contribution in [-0.2, 0) is 11.2 Å². The highest BCUT2D eigenvalue weighted by molar-refractivity contribution is 9.09. The molecule has 1 saturated heterocycles. The van der Waals surface area contributed by atoms with Crippen LogP contribution in [0.15, 0.2) is 24.3 Å². The number of hydrogen-bond acceptors (Lipinski definition) is 1. The fraction of sp³-hybridized carbons (Fsp3) is 0.600. The Morgan fingerprint density at radius 3 is 2.59 bits per heavy atom. The van der Waals surface area contributed by atoms with Gasteiger partial charge in [-0.15, -0.1) is 0 Å². The monoisotopic (exact) mass is 296 g/mol. The molecule has 1 aromatic rings. The van der Waals surface area contributed by atoms with Gasteiger partial charge in [0.15, 0.2) is 0 Å². The van der Waals surface area contributed by atoms with Crippen LogP contribution in [0.4, 0.5) is 0 Å². The summed E-state index contributed by atoms with van der Waals surface area (Å²) in [6, 6.07) is 8.98. The Balaban J connectivity index is 2.10. The van der Waals surface area contributed by atoms with Gasteiger partial charge in [0.05, 0.1) is 6.10 Å². The van der Waals surface area contributed by atoms with Crippen molar-refractivity contribution in [3.63, 3.8) is 0 Å². The predicted molar refractivity (Wildman–Crippen MR) is 75.6 cm³/mol. The molecule has 0 aliphatic carbocycles. The van der Waals surface area contributed by atoms with Gasteiger partial charge in [0.2, 0.25) is 0 Å². The van der Waals surface area contributed by atoms with Crippen LogP contribution in [0.3, 0.4) is 0 Å². The smallest absolute Gasteiger partial charge is 0.0615 e. The maximum absolute atomic E-state index is 5.77. The van der Waals surface area contributed by atoms with Crippen LogP contribution in [0.1, 0.15) is 42.6 Å². The maximum atomic E-state index is 5.77. The van der Waals surface area contributed by atoms with E-state index in [-0.39, 0.29) is 0 Å². The second kappa shape index (κ2) is 6.01. The topological polar surface area (TPSA) is 9.23 Å². The molecule has 17 heavy (non-hydrogen) atoms. The summed E-state index contributed by atoms with van der Waals surface area (Å²) in [6.07, 6.45) is 3.81. The highest BCUT2D eigenvalue weighted by atomic mass is 79.9. The molecule has 3 unspecified atom stereocenters. The minimum Gasteiger partial charge on any atom is -0.378 e. The predicted octanol–water partition coefficient (Wildman–Crippen LogP) is 4.50. The first-order valence-electron chi connectivity index (χ1n) is 6.60. The number of halogens is 1. The van der Waals surface area contributed by atoms with Gasteiger partial charge >= 0.3 is 0 Å². The lowest BCUT2D eigenvalue weighted by Crippen LogP contribution is -2.18. The van der Waals surface area contributed by atoms with Crippen molar-refractivity contribution in [3.05, 3.63) is 35.4 Å². The fourth-order valence-corrected chi connectivity index (χ4v) is 3.51. The minimum absolute atomic E-state index is 0.422. The third-order valence-corrected chi connectivity index (χ3v) is 4.95. The lowest BCUT2D eigenvalue weighted by Gasteiger charge is -2.22. The largest absolute Gasteiger partial charge is 0.378 e. The first-order valence-corrected chi connectivity index (χ1v) is 7.52. The second-order valence-corrected chi connectivity index (χ2v) is 5.75. The van der Waals surface area contributed by atoms with Gasteiger partial charge in [-0.25, -0.2) is 0 Å². The van der Waals surface area contributed by atoms with Gasteiger partial charge < -0.3 is 4.74 Å². The molecule has 0 bridgehead atoms. The van der Waals surface area contributed by atoms with Crippen molar-refractivity contribution in [3.8, 4) is 0 Å². The molecule has 0 saturated carbocycles. The summed E-state index contributed by atoms with van der Waals surface area (Å²) < 4.78 is 5.77. The molecular formula is C15H21BrO. The summed E-state index contributed by atoms with van der Waals surface area (Å²) in [5.74, 6) is 0.618. The molecule has 0 N–H and O–H groups in total. The number of hydrogen-bond donors (Lipinski definition) is 0. The van der Waals surface area contributed by atoms with E-state index in [0.717, 1.165) is 19.4 Å². The Kier molecular flexibility index (Phi) is 4.63. The number of ether oxygens (including phenoxy) is 1. The van der Waals surface area contributed by atoms with Crippen molar-refractivity contribution in [1.82, 2.24) is 0 Å². The summed E-state index contributed by atoms with van der Waals surface area (Å²) in [5, 5.41) is 0. The average molecular weight is 297 g/mol. The normalized spacial score (nSPS) is 26.1. The van der Waals surface area contributed by atoms with E-state index in [1.807, 2.05) is 0 Å². The molecule has 1 fully saturated rings. The van der Waals surface area contributed by atoms with Gasteiger partial charge in [0, 0.05) is 17.4 Å². The second-order valence-electron chi connectivity index (χ2n) is 4.77. The molecule has 1 aromatic carbocycles. The maximum Gasteiger partial charge on any atom is 0.0615 e. The molecule has 0 aromatic heterocycles. The van der Waals surface area contributed by atoms with E-state index in [9.17, 15) is 0 Å². The molecule has 1 aliphatic rings. The average Bonchev–Trinajstić information content (AvgIpc) is 2.86. The van der Waals surface area contributed by atoms with Crippen LogP contribution in [0.5, 0.6) is 0 Å². The van der Waals surface area contributed by atoms with Gasteiger partial charge in [-0.05, 0) is 30.4 Å². The molecule has 1 heterocycles. The van der Waals surface area contributed by atoms with Crippen LogP contribution in [0.2, 0.25) is 0 Å². The van der Waals surface area contributed by atoms with Crippen molar-refractivity contribution >= 4 is 15.9 Å². The van der Waals surface area contributed by atoms with Crippen LogP contribution >= 0.6 is 15.9 Å². The van der Waals surface area contributed by atoms with Gasteiger partial charge in [0.25, 0.3) is 0 Å². The van der Waals surface area contributed by atoms with Crippen LogP contribution in [0, 0.1) is 5.92 Å². The number of alkyl halides is 1. The third-order valence-electron chi connectivity index (χ3n) is 3.75. The Hall–Kier alpha value is -0.340. The van der Waals surface area contributed by atoms with E-state index >= 15 is 0 Å². The van der Waals surface area contributed by atoms with E-state index < -0.39 is 0 Å². The molecule has 0 amide bonds. The quantitative estimate of drug-likeness (QED) is 0.743. The summed E-state index contributed by atoms with van der Waals surface area (Å²) in [5.41, 5.74) is 2.79. The molecule has 0 radical (unpaired) electrons. The van der Waals surface area contributed by atoms with Crippen molar-refractivity contribution in [2.75, 3.05) is 6.61 Å². The van der Waals surface area contributed by atoms with Crippen molar-refractivity contribution < 1.29 is 4.74 Å². The highest BCUT2D eigenvalue weighted by Gasteiger charge is 2.32. The molecule has 2 rings (SSSR count). The van der Waals surface area contributed by atoms with Crippen LogP contribution in [-0.4, -0.2) is 12.7 Å². The Bertz CT molecular complexity index is 346. The molecule has 1 aliphatic heterocycles. The summed E-state index contributed by atoms with van der Waals surface area (Å²) >= 11 is 3.86. The van der Waals surface area contributed by atoms with Crippen molar-refractivity contribution in [2.24, 2.45) is 5.92 Å². The molecule has 94 valence electrons. The molecule has 3 atom stereocenters. The number of benzene rings is 1. The van der Waals surface area contributed by atoms with E-state index in [4.69, 9.17) is 4.74 Å². The van der Waals surface area contributed by atoms with E-state index in [1.54, 1.807) is 0 Å². The van der Waals surface area contributed by atoms with E-state index in [2.05, 4.69) is 54.0 Å². The Labute approximate surface area is 113 Å². The van der Waals surface area contributed by atoms with Gasteiger partial charge in [0.1, 0.15) is 0 Å². The SMILES string of the molecule is CCc1ccc(C(Br)C2CCOC2CC)cc1. The summed E-state index contributed by atoms with van der Waals surface area (Å²) in [4.78, 5) is 0.431. The lowest BCUT2D eigenvalue weighted by molar-refractivity contribution is 0.0873. The molecular weight excluding hydrogens is 276 g/mol. The first kappa shape index (κ1) is 13.1. The minimum atomic E-state index is 0.422.